The van der Waals surface area contributed by atoms with E-state index in [1.54, 1.807) is 32.7 Å². The Morgan fingerprint density at radius 3 is 2.25 bits per heavy atom. The fourth-order valence-corrected chi connectivity index (χ4v) is 2.75. The molecule has 0 amide bonds. The maximum absolute atomic E-state index is 5.42. The highest BCUT2D eigenvalue weighted by Gasteiger charge is 2.12. The van der Waals surface area contributed by atoms with E-state index in [-0.39, 0.29) is 0 Å². The Balaban J connectivity index is 2.09. The van der Waals surface area contributed by atoms with Crippen LogP contribution in [0.15, 0.2) is 29.6 Å². The standard InChI is InChI=1S/C15H19NO3S/c1-17-13-8-15(19-3)14(18-2)7-11(13)9-16-10-12-5-4-6-20-12/h4-8,16H,9-10H2,1-3H3/p+1. The maximum atomic E-state index is 5.42. The zero-order valence-corrected chi connectivity index (χ0v) is 12.8. The normalized spacial score (nSPS) is 10.3. The molecule has 2 N–H and O–H groups in total. The van der Waals surface area contributed by atoms with Crippen molar-refractivity contribution in [2.75, 3.05) is 21.3 Å². The number of rotatable bonds is 7. The summed E-state index contributed by atoms with van der Waals surface area (Å²) in [6.45, 7) is 1.80. The summed E-state index contributed by atoms with van der Waals surface area (Å²) in [7, 11) is 4.94. The molecule has 0 aliphatic rings. The highest BCUT2D eigenvalue weighted by atomic mass is 32.1. The summed E-state index contributed by atoms with van der Waals surface area (Å²) < 4.78 is 16.0. The van der Waals surface area contributed by atoms with Crippen molar-refractivity contribution in [2.45, 2.75) is 13.1 Å². The van der Waals surface area contributed by atoms with Gasteiger partial charge in [0.2, 0.25) is 0 Å². The van der Waals surface area contributed by atoms with Crippen LogP contribution >= 0.6 is 11.3 Å². The van der Waals surface area contributed by atoms with E-state index in [0.29, 0.717) is 5.75 Å². The molecule has 0 fully saturated rings. The number of thiophene rings is 1. The maximum Gasteiger partial charge on any atom is 0.164 e. The Morgan fingerprint density at radius 1 is 0.950 bits per heavy atom. The number of benzene rings is 1. The molecule has 5 heteroatoms. The number of quaternary nitrogens is 1. The van der Waals surface area contributed by atoms with Gasteiger partial charge in [-0.1, -0.05) is 6.07 Å². The highest BCUT2D eigenvalue weighted by Crippen LogP contribution is 2.34. The molecule has 1 aromatic carbocycles. The summed E-state index contributed by atoms with van der Waals surface area (Å²) >= 11 is 1.77. The Morgan fingerprint density at radius 2 is 1.65 bits per heavy atom. The summed E-state index contributed by atoms with van der Waals surface area (Å²) in [5.74, 6) is 2.24. The van der Waals surface area contributed by atoms with Crippen LogP contribution in [0.4, 0.5) is 0 Å². The molecule has 0 aliphatic carbocycles. The quantitative estimate of drug-likeness (QED) is 0.850. The first-order valence-corrected chi connectivity index (χ1v) is 7.29. The van der Waals surface area contributed by atoms with Gasteiger partial charge < -0.3 is 19.5 Å². The van der Waals surface area contributed by atoms with E-state index in [1.165, 1.54) is 4.88 Å². The first-order valence-electron chi connectivity index (χ1n) is 6.41. The van der Waals surface area contributed by atoms with Gasteiger partial charge in [0.1, 0.15) is 18.8 Å². The van der Waals surface area contributed by atoms with E-state index in [2.05, 4.69) is 22.8 Å². The lowest BCUT2D eigenvalue weighted by molar-refractivity contribution is -0.685. The van der Waals surface area contributed by atoms with Gasteiger partial charge >= 0.3 is 0 Å². The monoisotopic (exact) mass is 294 g/mol. The van der Waals surface area contributed by atoms with Gasteiger partial charge in [0.25, 0.3) is 0 Å². The van der Waals surface area contributed by atoms with Crippen molar-refractivity contribution in [1.82, 2.24) is 0 Å². The summed E-state index contributed by atoms with van der Waals surface area (Å²) in [5.41, 5.74) is 1.10. The third kappa shape index (κ3) is 3.43. The third-order valence-electron chi connectivity index (χ3n) is 3.08. The smallest absolute Gasteiger partial charge is 0.164 e. The lowest BCUT2D eigenvalue weighted by atomic mass is 10.1. The van der Waals surface area contributed by atoms with Crippen molar-refractivity contribution in [3.05, 3.63) is 40.1 Å². The zero-order valence-electron chi connectivity index (χ0n) is 12.0. The molecule has 2 aromatic rings. The molecule has 4 nitrogen and oxygen atoms in total. The van der Waals surface area contributed by atoms with Crippen LogP contribution in [0, 0.1) is 0 Å². The van der Waals surface area contributed by atoms with Gasteiger partial charge in [-0.05, 0) is 17.5 Å². The highest BCUT2D eigenvalue weighted by molar-refractivity contribution is 7.09. The van der Waals surface area contributed by atoms with Gasteiger partial charge in [0, 0.05) is 6.07 Å². The van der Waals surface area contributed by atoms with Gasteiger partial charge in [-0.3, -0.25) is 0 Å². The molecule has 0 atom stereocenters. The van der Waals surface area contributed by atoms with Crippen LogP contribution in [0.3, 0.4) is 0 Å². The number of methoxy groups -OCH3 is 3. The van der Waals surface area contributed by atoms with Crippen LogP contribution in [0.1, 0.15) is 10.4 Å². The van der Waals surface area contributed by atoms with E-state index in [4.69, 9.17) is 14.2 Å². The molecule has 0 unspecified atom stereocenters. The predicted molar refractivity (Wildman–Crippen MR) is 79.8 cm³/mol. The van der Waals surface area contributed by atoms with E-state index in [0.717, 1.165) is 30.2 Å². The van der Waals surface area contributed by atoms with Crippen molar-refractivity contribution in [3.63, 3.8) is 0 Å². The second-order valence-electron chi connectivity index (χ2n) is 4.30. The van der Waals surface area contributed by atoms with Crippen molar-refractivity contribution in [2.24, 2.45) is 0 Å². The molecule has 1 aromatic heterocycles. The van der Waals surface area contributed by atoms with Gasteiger partial charge in [0.05, 0.1) is 31.8 Å². The Hall–Kier alpha value is -1.72. The van der Waals surface area contributed by atoms with Crippen LogP contribution < -0.4 is 19.5 Å². The van der Waals surface area contributed by atoms with E-state index in [9.17, 15) is 0 Å². The summed E-state index contributed by atoms with van der Waals surface area (Å²) in [5, 5.41) is 4.34. The van der Waals surface area contributed by atoms with Crippen molar-refractivity contribution in [1.29, 1.82) is 0 Å². The van der Waals surface area contributed by atoms with Gasteiger partial charge in [-0.25, -0.2) is 0 Å². The SMILES string of the molecule is COc1cc(OC)c(OC)cc1C[NH2+]Cc1cccs1. The van der Waals surface area contributed by atoms with Crippen molar-refractivity contribution in [3.8, 4) is 17.2 Å². The van der Waals surface area contributed by atoms with Gasteiger partial charge in [0.15, 0.2) is 11.5 Å². The first-order chi connectivity index (χ1) is 9.78. The molecule has 108 valence electrons. The number of nitrogens with two attached hydrogens (primary N) is 1. The Labute approximate surface area is 123 Å². The Bertz CT molecular complexity index is 540. The van der Waals surface area contributed by atoms with Crippen LogP contribution in [0.25, 0.3) is 0 Å². The molecular formula is C15H20NO3S+. The third-order valence-corrected chi connectivity index (χ3v) is 3.98. The molecule has 0 spiro atoms. The second kappa shape index (κ2) is 7.17. The topological polar surface area (TPSA) is 44.3 Å². The number of ether oxygens (including phenoxy) is 3. The minimum Gasteiger partial charge on any atom is -0.496 e. The predicted octanol–water partition coefficient (Wildman–Crippen LogP) is 2.04. The fraction of sp³-hybridized carbons (Fsp3) is 0.333. The number of hydrogen-bond donors (Lipinski definition) is 1. The lowest BCUT2D eigenvalue weighted by Crippen LogP contribution is -2.80. The van der Waals surface area contributed by atoms with E-state index in [1.807, 2.05) is 12.1 Å². The molecule has 2 rings (SSSR count). The minimum absolute atomic E-state index is 0.686. The first kappa shape index (κ1) is 14.7. The van der Waals surface area contributed by atoms with Gasteiger partial charge in [-0.2, -0.15) is 0 Å². The molecular weight excluding hydrogens is 274 g/mol. The second-order valence-corrected chi connectivity index (χ2v) is 5.33. The van der Waals surface area contributed by atoms with Crippen LogP contribution in [0.2, 0.25) is 0 Å². The summed E-state index contributed by atoms with van der Waals surface area (Å²) in [6.07, 6.45) is 0. The van der Waals surface area contributed by atoms with Gasteiger partial charge in [-0.15, -0.1) is 11.3 Å². The molecule has 0 saturated heterocycles. The Kier molecular flexibility index (Phi) is 5.26. The molecule has 0 aliphatic heterocycles. The van der Waals surface area contributed by atoms with E-state index < -0.39 is 0 Å². The average molecular weight is 294 g/mol. The van der Waals surface area contributed by atoms with Crippen LogP contribution in [0.5, 0.6) is 17.2 Å². The molecule has 0 radical (unpaired) electrons. The molecule has 0 saturated carbocycles. The summed E-state index contributed by atoms with van der Waals surface area (Å²) in [4.78, 5) is 1.37. The lowest BCUT2D eigenvalue weighted by Gasteiger charge is -2.13. The molecule has 0 bridgehead atoms. The van der Waals surface area contributed by atoms with E-state index >= 15 is 0 Å². The fourth-order valence-electron chi connectivity index (χ4n) is 2.05. The zero-order chi connectivity index (χ0) is 14.4. The van der Waals surface area contributed by atoms with Crippen LogP contribution in [-0.2, 0) is 13.1 Å². The number of hydrogen-bond acceptors (Lipinski definition) is 4. The van der Waals surface area contributed by atoms with Crippen molar-refractivity contribution >= 4 is 11.3 Å². The van der Waals surface area contributed by atoms with Crippen molar-refractivity contribution < 1.29 is 19.5 Å². The molecule has 1 heterocycles. The largest absolute Gasteiger partial charge is 0.496 e. The summed E-state index contributed by atoms with van der Waals surface area (Å²) in [6, 6.07) is 8.06. The van der Waals surface area contributed by atoms with Crippen LogP contribution in [-0.4, -0.2) is 21.3 Å². The minimum atomic E-state index is 0.686. The average Bonchev–Trinajstić information content (AvgIpc) is 2.99. The molecule has 20 heavy (non-hydrogen) atoms.